The molecule has 5 heteroatoms. The summed E-state index contributed by atoms with van der Waals surface area (Å²) in [6.07, 6.45) is 1.94. The van der Waals surface area contributed by atoms with Gasteiger partial charge in [-0.25, -0.2) is 4.79 Å². The Morgan fingerprint density at radius 1 is 1.38 bits per heavy atom. The Morgan fingerprint density at radius 2 is 1.94 bits per heavy atom. The second-order valence-corrected chi connectivity index (χ2v) is 4.86. The van der Waals surface area contributed by atoms with E-state index >= 15 is 0 Å². The number of hydrogen-bond acceptors (Lipinski definition) is 3. The number of amides is 1. The van der Waals surface area contributed by atoms with Crippen LogP contribution in [0, 0.1) is 11.3 Å². The average molecular weight is 229 g/mol. The van der Waals surface area contributed by atoms with E-state index in [4.69, 9.17) is 9.84 Å². The minimum absolute atomic E-state index is 0.0884. The maximum Gasteiger partial charge on any atom is 0.394 e. The highest BCUT2D eigenvalue weighted by Crippen LogP contribution is 2.33. The van der Waals surface area contributed by atoms with Crippen LogP contribution in [0.2, 0.25) is 0 Å². The molecular weight excluding hydrogens is 210 g/mol. The van der Waals surface area contributed by atoms with Gasteiger partial charge in [0.25, 0.3) is 0 Å². The van der Waals surface area contributed by atoms with Gasteiger partial charge in [0.1, 0.15) is 0 Å². The number of carbonyl (C=O) groups is 2. The van der Waals surface area contributed by atoms with E-state index in [9.17, 15) is 9.59 Å². The Hall–Kier alpha value is -1.10. The van der Waals surface area contributed by atoms with Crippen LogP contribution in [0.25, 0.3) is 0 Å². The molecule has 1 saturated heterocycles. The maximum atomic E-state index is 10.9. The van der Waals surface area contributed by atoms with Gasteiger partial charge in [0.05, 0.1) is 0 Å². The molecule has 0 unspecified atom stereocenters. The highest BCUT2D eigenvalue weighted by Gasteiger charge is 2.31. The molecule has 1 aliphatic heterocycles. The van der Waals surface area contributed by atoms with Gasteiger partial charge in [-0.3, -0.25) is 4.79 Å². The molecule has 1 heterocycles. The molecule has 0 aliphatic carbocycles. The lowest BCUT2D eigenvalue weighted by Crippen LogP contribution is -2.42. The first-order chi connectivity index (χ1) is 7.43. The van der Waals surface area contributed by atoms with Gasteiger partial charge in [0, 0.05) is 19.8 Å². The van der Waals surface area contributed by atoms with E-state index in [1.54, 1.807) is 0 Å². The molecule has 0 aromatic heterocycles. The number of nitrogens with one attached hydrogen (secondary N) is 1. The van der Waals surface area contributed by atoms with Crippen LogP contribution in [-0.2, 0) is 14.3 Å². The van der Waals surface area contributed by atoms with E-state index in [1.807, 2.05) is 13.8 Å². The minimum Gasteiger partial charge on any atom is -0.474 e. The third kappa shape index (κ3) is 3.48. The van der Waals surface area contributed by atoms with Crippen molar-refractivity contribution in [1.82, 2.24) is 5.32 Å². The smallest absolute Gasteiger partial charge is 0.394 e. The third-order valence-corrected chi connectivity index (χ3v) is 3.23. The molecule has 0 spiro atoms. The molecule has 92 valence electrons. The van der Waals surface area contributed by atoms with Crippen molar-refractivity contribution in [3.05, 3.63) is 0 Å². The van der Waals surface area contributed by atoms with Gasteiger partial charge in [-0.1, -0.05) is 13.8 Å². The van der Waals surface area contributed by atoms with E-state index < -0.39 is 11.9 Å². The zero-order valence-corrected chi connectivity index (χ0v) is 9.78. The summed E-state index contributed by atoms with van der Waals surface area (Å²) in [5, 5.41) is 10.9. The fourth-order valence-corrected chi connectivity index (χ4v) is 2.01. The number of carboxylic acid groups (broad SMARTS) is 1. The van der Waals surface area contributed by atoms with Gasteiger partial charge in [-0.05, 0) is 24.2 Å². The van der Waals surface area contributed by atoms with Gasteiger partial charge in [0.15, 0.2) is 0 Å². The van der Waals surface area contributed by atoms with Crippen molar-refractivity contribution in [3.8, 4) is 0 Å². The summed E-state index contributed by atoms with van der Waals surface area (Å²) < 4.78 is 5.28. The first-order valence-electron chi connectivity index (χ1n) is 5.52. The summed E-state index contributed by atoms with van der Waals surface area (Å²) in [4.78, 5) is 21.3. The van der Waals surface area contributed by atoms with Gasteiger partial charge in [-0.15, -0.1) is 0 Å². The molecule has 0 aromatic rings. The van der Waals surface area contributed by atoms with Crippen LogP contribution in [0.4, 0.5) is 0 Å². The molecule has 2 N–H and O–H groups in total. The van der Waals surface area contributed by atoms with Gasteiger partial charge < -0.3 is 15.2 Å². The zero-order chi connectivity index (χ0) is 12.2. The molecule has 16 heavy (non-hydrogen) atoms. The largest absolute Gasteiger partial charge is 0.474 e. The minimum atomic E-state index is -1.43. The number of carboxylic acids is 1. The van der Waals surface area contributed by atoms with Crippen LogP contribution >= 0.6 is 0 Å². The van der Waals surface area contributed by atoms with Gasteiger partial charge >= 0.3 is 11.9 Å². The molecule has 1 rings (SSSR count). The molecule has 0 aromatic carbocycles. The molecule has 0 atom stereocenters. The Balaban J connectivity index is 2.43. The number of carbonyl (C=O) groups excluding carboxylic acids is 1. The van der Waals surface area contributed by atoms with Crippen molar-refractivity contribution in [1.29, 1.82) is 0 Å². The van der Waals surface area contributed by atoms with Crippen LogP contribution in [-0.4, -0.2) is 36.7 Å². The SMILES string of the molecule is CC(C)(CNC(=O)C(=O)O)C1CCOCC1. The fraction of sp³-hybridized carbons (Fsp3) is 0.818. The van der Waals surface area contributed by atoms with Crippen LogP contribution < -0.4 is 5.32 Å². The van der Waals surface area contributed by atoms with Gasteiger partial charge in [-0.2, -0.15) is 0 Å². The molecule has 1 amide bonds. The molecule has 1 aliphatic rings. The molecule has 5 nitrogen and oxygen atoms in total. The Morgan fingerprint density at radius 3 is 2.44 bits per heavy atom. The van der Waals surface area contributed by atoms with Crippen molar-refractivity contribution in [3.63, 3.8) is 0 Å². The van der Waals surface area contributed by atoms with Crippen molar-refractivity contribution >= 4 is 11.9 Å². The number of hydrogen-bond donors (Lipinski definition) is 2. The molecule has 0 bridgehead atoms. The van der Waals surface area contributed by atoms with Crippen molar-refractivity contribution < 1.29 is 19.4 Å². The topological polar surface area (TPSA) is 75.6 Å². The number of ether oxygens (including phenoxy) is 1. The quantitative estimate of drug-likeness (QED) is 0.696. The number of aliphatic carboxylic acids is 1. The summed E-state index contributed by atoms with van der Waals surface area (Å²) in [5.41, 5.74) is -0.0884. The summed E-state index contributed by atoms with van der Waals surface area (Å²) in [7, 11) is 0. The normalized spacial score (nSPS) is 18.1. The summed E-state index contributed by atoms with van der Waals surface area (Å²) in [6, 6.07) is 0. The first kappa shape index (κ1) is 13.0. The van der Waals surface area contributed by atoms with Crippen LogP contribution in [0.3, 0.4) is 0 Å². The highest BCUT2D eigenvalue weighted by molar-refractivity contribution is 6.31. The van der Waals surface area contributed by atoms with E-state index in [1.165, 1.54) is 0 Å². The van der Waals surface area contributed by atoms with Crippen molar-refractivity contribution in [2.75, 3.05) is 19.8 Å². The lowest BCUT2D eigenvalue weighted by molar-refractivity contribution is -0.150. The predicted molar refractivity (Wildman–Crippen MR) is 58.0 cm³/mol. The fourth-order valence-electron chi connectivity index (χ4n) is 2.01. The summed E-state index contributed by atoms with van der Waals surface area (Å²) in [5.74, 6) is -1.89. The average Bonchev–Trinajstić information content (AvgIpc) is 2.27. The van der Waals surface area contributed by atoms with E-state index in [2.05, 4.69) is 5.32 Å². The molecule has 0 radical (unpaired) electrons. The van der Waals surface area contributed by atoms with Crippen LogP contribution in [0.5, 0.6) is 0 Å². The Kier molecular flexibility index (Phi) is 4.29. The second kappa shape index (κ2) is 5.30. The highest BCUT2D eigenvalue weighted by atomic mass is 16.5. The molecular formula is C11H19NO4. The first-order valence-corrected chi connectivity index (χ1v) is 5.52. The Labute approximate surface area is 95.2 Å². The zero-order valence-electron chi connectivity index (χ0n) is 9.78. The van der Waals surface area contributed by atoms with Crippen molar-refractivity contribution in [2.45, 2.75) is 26.7 Å². The predicted octanol–water partition coefficient (Wildman–Crippen LogP) is 0.640. The van der Waals surface area contributed by atoms with Crippen LogP contribution in [0.15, 0.2) is 0 Å². The summed E-state index contributed by atoms with van der Waals surface area (Å²) in [6.45, 7) is 5.99. The van der Waals surface area contributed by atoms with E-state index in [0.717, 1.165) is 26.1 Å². The maximum absolute atomic E-state index is 10.9. The van der Waals surface area contributed by atoms with Crippen LogP contribution in [0.1, 0.15) is 26.7 Å². The number of rotatable bonds is 3. The van der Waals surface area contributed by atoms with Crippen molar-refractivity contribution in [2.24, 2.45) is 11.3 Å². The second-order valence-electron chi connectivity index (χ2n) is 4.86. The van der Waals surface area contributed by atoms with E-state index in [0.29, 0.717) is 12.5 Å². The molecule has 0 saturated carbocycles. The molecule has 1 fully saturated rings. The third-order valence-electron chi connectivity index (χ3n) is 3.23. The lowest BCUT2D eigenvalue weighted by Gasteiger charge is -2.36. The standard InChI is InChI=1S/C11H19NO4/c1-11(2,7-12-9(13)10(14)15)8-3-5-16-6-4-8/h8H,3-7H2,1-2H3,(H,12,13)(H,14,15). The van der Waals surface area contributed by atoms with E-state index in [-0.39, 0.29) is 5.41 Å². The lowest BCUT2D eigenvalue weighted by atomic mass is 9.74. The van der Waals surface area contributed by atoms with Gasteiger partial charge in [0.2, 0.25) is 0 Å². The monoisotopic (exact) mass is 229 g/mol. The summed E-state index contributed by atoms with van der Waals surface area (Å²) >= 11 is 0. The Bertz CT molecular complexity index is 269.